The number of carboxylic acids is 5. The summed E-state index contributed by atoms with van der Waals surface area (Å²) in [5.74, 6) is -12.1. The number of alkyl halides is 11. The van der Waals surface area contributed by atoms with Gasteiger partial charge in [-0.15, -0.1) is 23.2 Å². The summed E-state index contributed by atoms with van der Waals surface area (Å²) in [6.07, 6.45) is -19.2. The Morgan fingerprint density at radius 3 is 1.09 bits per heavy atom. The van der Waals surface area contributed by atoms with Crippen LogP contribution in [0.2, 0.25) is 0 Å². The van der Waals surface area contributed by atoms with E-state index < -0.39 is 81.8 Å². The summed E-state index contributed by atoms with van der Waals surface area (Å²) in [6.45, 7) is -0.100. The molecule has 10 rings (SSSR count). The van der Waals surface area contributed by atoms with Crippen molar-refractivity contribution in [2.45, 2.75) is 61.8 Å². The average molecular weight is 1350 g/mol. The van der Waals surface area contributed by atoms with Gasteiger partial charge in [0, 0.05) is 72.4 Å². The standard InChI is InChI=1S/C49H38Cl2N4O16.3C2HF3O2/c50-18-24-20-52(34-16-36(26-6-1-3-8-28(26)44(24)34)70-46(48(58)59)30-12-38-40(68-22-66-38)14-32(30)54(62)63)42(56)10-5-11-43(57)53-21-25(19-51)45-29-9-4-2-7-27(29)37(17-35(45)53)71-47(49(60)61)31-13-39-41(69-23-67-39)15-33(31)55(64)65;3*3-2(4,5)1(6)7/h1-4,6-9,12-17,24-25,46-47H,5,10-11,18-23H2,(H,58,59)(H,60,61);3*(H,6,7)/t24-,25-,46?,47?;;;/m1.../s1. The Kier molecular flexibility index (Phi) is 20.9. The monoisotopic (exact) mass is 1350 g/mol. The van der Waals surface area contributed by atoms with Gasteiger partial charge in [-0.05, 0) is 40.5 Å². The molecule has 0 aromatic heterocycles. The van der Waals surface area contributed by atoms with Crippen LogP contribution in [0.25, 0.3) is 21.5 Å². The Morgan fingerprint density at radius 2 is 0.815 bits per heavy atom. The molecular formula is C55H41Cl2F9N4O22. The topological polar surface area (TPSA) is 369 Å². The molecule has 5 N–H and O–H groups in total. The maximum Gasteiger partial charge on any atom is 0.490 e. The molecule has 0 saturated carbocycles. The van der Waals surface area contributed by atoms with Crippen LogP contribution in [-0.4, -0.2) is 134 Å². The SMILES string of the molecule is O=C(O)C(F)(F)F.O=C(O)C(F)(F)F.O=C(O)C(F)(F)F.O=C(O)C(Oc1cc2c(c3ccccc13)[C@H](CCl)CN2C(=O)CCCC(=O)N1C[C@@H](CCl)c2c1cc(OC(C(=O)O)c1cc3c(cc1[N+](=O)[O-])OCO3)c1ccccc21)c1cc2c(cc1[N+](=O)[O-])OCO2. The lowest BCUT2D eigenvalue weighted by Gasteiger charge is -2.22. The van der Waals surface area contributed by atoms with Crippen molar-refractivity contribution >= 4 is 109 Å². The molecule has 2 unspecified atom stereocenters. The van der Waals surface area contributed by atoms with Crippen LogP contribution in [0.3, 0.4) is 0 Å². The molecule has 26 nitrogen and oxygen atoms in total. The van der Waals surface area contributed by atoms with Crippen molar-refractivity contribution in [3.05, 3.63) is 127 Å². The molecule has 4 heterocycles. The number of carbonyl (C=O) groups excluding carboxylic acids is 2. The molecule has 2 amide bonds. The first kappa shape index (κ1) is 69.2. The van der Waals surface area contributed by atoms with Gasteiger partial charge < -0.3 is 63.8 Å². The number of hydrogen-bond donors (Lipinski definition) is 5. The van der Waals surface area contributed by atoms with E-state index in [-0.39, 0.29) is 127 Å². The number of benzene rings is 6. The minimum absolute atomic E-state index is 0.0307. The minimum atomic E-state index is -5.08. The number of nitrogens with zero attached hydrogens (tertiary/aromatic N) is 4. The second-order valence-corrected chi connectivity index (χ2v) is 20.0. The molecule has 0 aliphatic carbocycles. The zero-order valence-electron chi connectivity index (χ0n) is 45.9. The van der Waals surface area contributed by atoms with Crippen LogP contribution in [0.15, 0.2) is 84.9 Å². The fraction of sp³-hybridized carbons (Fsp3) is 0.291. The lowest BCUT2D eigenvalue weighted by molar-refractivity contribution is -0.386. The molecule has 4 aliphatic rings. The van der Waals surface area contributed by atoms with Gasteiger partial charge in [0.2, 0.25) is 37.6 Å². The van der Waals surface area contributed by atoms with Crippen molar-refractivity contribution < 1.29 is 137 Å². The minimum Gasteiger partial charge on any atom is -0.478 e. The van der Waals surface area contributed by atoms with Gasteiger partial charge in [-0.3, -0.25) is 29.8 Å². The molecule has 0 saturated heterocycles. The van der Waals surface area contributed by atoms with E-state index in [0.717, 1.165) is 23.3 Å². The molecule has 6 aromatic rings. The summed E-state index contributed by atoms with van der Waals surface area (Å²) < 4.78 is 129. The number of fused-ring (bicyclic) bond motifs is 8. The number of aliphatic carboxylic acids is 5. The number of carboxylic acid groups (broad SMARTS) is 5. The average Bonchev–Trinajstić information content (AvgIpc) is 1.50. The maximum atomic E-state index is 14.3. The van der Waals surface area contributed by atoms with Gasteiger partial charge in [-0.25, -0.2) is 24.0 Å². The molecule has 37 heteroatoms. The zero-order chi connectivity index (χ0) is 68.1. The fourth-order valence-electron chi connectivity index (χ4n) is 9.78. The first-order valence-corrected chi connectivity index (χ1v) is 26.8. The third-order valence-electron chi connectivity index (χ3n) is 13.7. The van der Waals surface area contributed by atoms with Gasteiger partial charge in [-0.1, -0.05) is 48.5 Å². The first-order valence-electron chi connectivity index (χ1n) is 25.8. The number of ether oxygens (including phenoxy) is 6. The Morgan fingerprint density at radius 1 is 0.522 bits per heavy atom. The van der Waals surface area contributed by atoms with E-state index in [4.69, 9.17) is 81.3 Å². The molecule has 0 bridgehead atoms. The van der Waals surface area contributed by atoms with E-state index in [1.807, 2.05) is 0 Å². The van der Waals surface area contributed by atoms with Crippen LogP contribution in [0.4, 0.5) is 62.3 Å². The fourth-order valence-corrected chi connectivity index (χ4v) is 10.3. The quantitative estimate of drug-likeness (QED) is 0.0260. The van der Waals surface area contributed by atoms with Crippen molar-refractivity contribution in [2.75, 3.05) is 48.2 Å². The predicted octanol–water partition coefficient (Wildman–Crippen LogP) is 10.8. The van der Waals surface area contributed by atoms with Crippen molar-refractivity contribution in [3.8, 4) is 34.5 Å². The Labute approximate surface area is 516 Å². The van der Waals surface area contributed by atoms with Crippen LogP contribution in [-0.2, 0) is 33.6 Å². The molecule has 92 heavy (non-hydrogen) atoms. The van der Waals surface area contributed by atoms with Crippen molar-refractivity contribution in [2.24, 2.45) is 0 Å². The van der Waals surface area contributed by atoms with Crippen LogP contribution < -0.4 is 38.2 Å². The van der Waals surface area contributed by atoms with Gasteiger partial charge in [0.15, 0.2) is 23.0 Å². The summed E-state index contributed by atoms with van der Waals surface area (Å²) in [5.41, 5.74) is 0.531. The Hall–Kier alpha value is -10.3. The lowest BCUT2D eigenvalue weighted by atomic mass is 9.95. The summed E-state index contributed by atoms with van der Waals surface area (Å²) in [5, 5.41) is 68.8. The van der Waals surface area contributed by atoms with Crippen LogP contribution in [0, 0.1) is 20.2 Å². The van der Waals surface area contributed by atoms with Gasteiger partial charge >= 0.3 is 48.4 Å². The molecule has 490 valence electrons. The van der Waals surface area contributed by atoms with E-state index in [1.165, 1.54) is 34.1 Å². The van der Waals surface area contributed by atoms with E-state index in [9.17, 15) is 89.1 Å². The van der Waals surface area contributed by atoms with Crippen molar-refractivity contribution in [1.82, 2.24) is 0 Å². The van der Waals surface area contributed by atoms with Crippen LogP contribution >= 0.6 is 23.2 Å². The highest BCUT2D eigenvalue weighted by molar-refractivity contribution is 6.19. The molecule has 0 fully saturated rings. The van der Waals surface area contributed by atoms with E-state index >= 15 is 0 Å². The van der Waals surface area contributed by atoms with Gasteiger partial charge in [0.25, 0.3) is 11.4 Å². The number of amides is 2. The number of nitro groups is 2. The maximum absolute atomic E-state index is 14.3. The highest BCUT2D eigenvalue weighted by Crippen LogP contribution is 2.50. The second kappa shape index (κ2) is 27.8. The highest BCUT2D eigenvalue weighted by atomic mass is 35.5. The van der Waals surface area contributed by atoms with Crippen LogP contribution in [0.5, 0.6) is 34.5 Å². The lowest BCUT2D eigenvalue weighted by Crippen LogP contribution is -2.32. The third kappa shape index (κ3) is 15.3. The summed E-state index contributed by atoms with van der Waals surface area (Å²) in [6, 6.07) is 21.6. The summed E-state index contributed by atoms with van der Waals surface area (Å²) in [4.78, 5) is 107. The Bertz CT molecular complexity index is 3680. The number of nitro benzene ring substituents is 2. The molecular weight excluding hydrogens is 1310 g/mol. The molecule has 0 radical (unpaired) electrons. The largest absolute Gasteiger partial charge is 0.490 e. The van der Waals surface area contributed by atoms with E-state index in [2.05, 4.69) is 0 Å². The first-order chi connectivity index (χ1) is 43.1. The summed E-state index contributed by atoms with van der Waals surface area (Å²) in [7, 11) is 0. The number of anilines is 2. The second-order valence-electron chi connectivity index (χ2n) is 19.4. The van der Waals surface area contributed by atoms with Crippen LogP contribution in [0.1, 0.15) is 65.6 Å². The smallest absolute Gasteiger partial charge is 0.478 e. The molecule has 4 aliphatic heterocycles. The number of halogens is 11. The van der Waals surface area contributed by atoms with E-state index in [0.29, 0.717) is 32.9 Å². The van der Waals surface area contributed by atoms with Gasteiger partial charge in [0.1, 0.15) is 11.5 Å². The van der Waals surface area contributed by atoms with Crippen molar-refractivity contribution in [3.63, 3.8) is 0 Å². The van der Waals surface area contributed by atoms with Gasteiger partial charge in [0.05, 0.1) is 44.5 Å². The number of carbonyl (C=O) groups is 7. The van der Waals surface area contributed by atoms with Gasteiger partial charge in [-0.2, -0.15) is 39.5 Å². The normalized spacial score (nSPS) is 15.6. The van der Waals surface area contributed by atoms with Crippen molar-refractivity contribution in [1.29, 1.82) is 0 Å². The number of rotatable bonds is 16. The summed E-state index contributed by atoms with van der Waals surface area (Å²) >= 11 is 13.0. The van der Waals surface area contributed by atoms with E-state index in [1.54, 1.807) is 48.5 Å². The Balaban J connectivity index is 0.000000493. The highest BCUT2D eigenvalue weighted by Gasteiger charge is 2.43. The molecule has 0 spiro atoms. The predicted molar refractivity (Wildman–Crippen MR) is 295 cm³/mol. The third-order valence-corrected chi connectivity index (χ3v) is 14.4. The number of hydrogen-bond acceptors (Lipinski definition) is 17. The molecule has 4 atom stereocenters. The zero-order valence-corrected chi connectivity index (χ0v) is 47.4. The molecule has 6 aromatic carbocycles.